The number of thiazole rings is 1. The Balaban J connectivity index is 2.11. The fraction of sp³-hybridized carbons (Fsp3) is 0.111. The lowest BCUT2D eigenvalue weighted by molar-refractivity contribution is 0.0998. The van der Waals surface area contributed by atoms with E-state index in [9.17, 15) is 9.18 Å². The Hall–Kier alpha value is -2.18. The smallest absolute Gasteiger partial charge is 0.279 e. The molecule has 0 aliphatic heterocycles. The lowest BCUT2D eigenvalue weighted by atomic mass is 10.2. The van der Waals surface area contributed by atoms with E-state index in [1.807, 2.05) is 24.5 Å². The molecule has 3 aromatic rings. The van der Waals surface area contributed by atoms with Crippen LogP contribution in [0, 0.1) is 5.82 Å². The van der Waals surface area contributed by atoms with Crippen LogP contribution in [0.15, 0.2) is 65.0 Å². The highest BCUT2D eigenvalue weighted by Gasteiger charge is 2.11. The minimum Gasteiger partial charge on any atom is -0.310 e. The second kappa shape index (κ2) is 7.15. The zero-order chi connectivity index (χ0) is 17.1. The first-order chi connectivity index (χ1) is 11.6. The maximum absolute atomic E-state index is 14.1. The Bertz CT molecular complexity index is 971. The van der Waals surface area contributed by atoms with E-state index in [0.29, 0.717) is 22.4 Å². The van der Waals surface area contributed by atoms with Crippen LogP contribution in [0.3, 0.4) is 0 Å². The molecule has 24 heavy (non-hydrogen) atoms. The molecule has 1 amide bonds. The van der Waals surface area contributed by atoms with Crippen molar-refractivity contribution in [3.63, 3.8) is 0 Å². The van der Waals surface area contributed by atoms with E-state index in [1.165, 1.54) is 17.4 Å². The number of halogens is 1. The number of thioether (sulfide) groups is 1. The SMILES string of the molecule is C=CCn1c(=NC(=O)c2ccc(SC)cc2)sc2cccc(F)c21. The second-order valence-electron chi connectivity index (χ2n) is 5.02. The van der Waals surface area contributed by atoms with Crippen LogP contribution < -0.4 is 4.80 Å². The topological polar surface area (TPSA) is 34.4 Å². The molecule has 1 heterocycles. The number of amides is 1. The monoisotopic (exact) mass is 358 g/mol. The maximum atomic E-state index is 14.1. The zero-order valence-electron chi connectivity index (χ0n) is 13.0. The molecule has 3 rings (SSSR count). The van der Waals surface area contributed by atoms with E-state index < -0.39 is 0 Å². The minimum atomic E-state index is -0.340. The molecule has 6 heteroatoms. The van der Waals surface area contributed by atoms with Crippen molar-refractivity contribution >= 4 is 39.2 Å². The molecule has 3 nitrogen and oxygen atoms in total. The van der Waals surface area contributed by atoms with Gasteiger partial charge in [0.25, 0.3) is 5.91 Å². The predicted octanol–water partition coefficient (Wildman–Crippen LogP) is 4.49. The van der Waals surface area contributed by atoms with Gasteiger partial charge in [-0.3, -0.25) is 4.79 Å². The summed E-state index contributed by atoms with van der Waals surface area (Å²) in [6.07, 6.45) is 3.64. The Morgan fingerprint density at radius 1 is 1.33 bits per heavy atom. The highest BCUT2D eigenvalue weighted by molar-refractivity contribution is 7.98. The van der Waals surface area contributed by atoms with Gasteiger partial charge in [0, 0.05) is 17.0 Å². The molecule has 0 fully saturated rings. The van der Waals surface area contributed by atoms with Crippen LogP contribution in [0.5, 0.6) is 0 Å². The normalized spacial score (nSPS) is 11.8. The van der Waals surface area contributed by atoms with Crippen molar-refractivity contribution in [3.8, 4) is 0 Å². The first-order valence-corrected chi connectivity index (χ1v) is 9.30. The molecular formula is C18H15FN2OS2. The Morgan fingerprint density at radius 2 is 2.08 bits per heavy atom. The molecule has 0 atom stereocenters. The van der Waals surface area contributed by atoms with Crippen molar-refractivity contribution in [1.82, 2.24) is 4.57 Å². The number of benzene rings is 2. The number of carbonyl (C=O) groups is 1. The number of hydrogen-bond donors (Lipinski definition) is 0. The molecule has 0 spiro atoms. The number of hydrogen-bond acceptors (Lipinski definition) is 3. The largest absolute Gasteiger partial charge is 0.310 e. The highest BCUT2D eigenvalue weighted by Crippen LogP contribution is 2.21. The van der Waals surface area contributed by atoms with E-state index >= 15 is 0 Å². The summed E-state index contributed by atoms with van der Waals surface area (Å²) < 4.78 is 16.6. The van der Waals surface area contributed by atoms with Crippen molar-refractivity contribution in [3.05, 3.63) is 71.3 Å². The van der Waals surface area contributed by atoms with Crippen molar-refractivity contribution in [1.29, 1.82) is 0 Å². The van der Waals surface area contributed by atoms with Gasteiger partial charge < -0.3 is 4.57 Å². The van der Waals surface area contributed by atoms with E-state index in [4.69, 9.17) is 0 Å². The molecule has 1 aromatic heterocycles. The fourth-order valence-electron chi connectivity index (χ4n) is 2.36. The molecule has 0 bridgehead atoms. The van der Waals surface area contributed by atoms with E-state index in [0.717, 1.165) is 9.60 Å². The molecule has 0 aliphatic carbocycles. The quantitative estimate of drug-likeness (QED) is 0.509. The van der Waals surface area contributed by atoms with Gasteiger partial charge in [0.05, 0.1) is 10.2 Å². The Kier molecular flexibility index (Phi) is 4.97. The van der Waals surface area contributed by atoms with Gasteiger partial charge >= 0.3 is 0 Å². The van der Waals surface area contributed by atoms with Gasteiger partial charge in [-0.25, -0.2) is 4.39 Å². The first kappa shape index (κ1) is 16.7. The summed E-state index contributed by atoms with van der Waals surface area (Å²) in [4.78, 5) is 18.2. The van der Waals surface area contributed by atoms with Crippen LogP contribution in [0.25, 0.3) is 10.2 Å². The molecule has 0 saturated carbocycles. The predicted molar refractivity (Wildman–Crippen MR) is 98.1 cm³/mol. The summed E-state index contributed by atoms with van der Waals surface area (Å²) in [6.45, 7) is 4.09. The van der Waals surface area contributed by atoms with Gasteiger partial charge in [-0.2, -0.15) is 4.99 Å². The molecule has 0 unspecified atom stereocenters. The van der Waals surface area contributed by atoms with Gasteiger partial charge in [0.2, 0.25) is 0 Å². The van der Waals surface area contributed by atoms with Gasteiger partial charge in [-0.1, -0.05) is 23.5 Å². The number of fused-ring (bicyclic) bond motifs is 1. The van der Waals surface area contributed by atoms with Gasteiger partial charge in [-0.15, -0.1) is 18.3 Å². The number of allylic oxidation sites excluding steroid dienone is 1. The number of para-hydroxylation sites is 1. The van der Waals surface area contributed by atoms with Gasteiger partial charge in [0.1, 0.15) is 5.82 Å². The van der Waals surface area contributed by atoms with Crippen molar-refractivity contribution in [2.45, 2.75) is 11.4 Å². The standard InChI is InChI=1S/C18H15FN2OS2/c1-3-11-21-16-14(19)5-4-6-15(16)24-18(21)20-17(22)12-7-9-13(23-2)10-8-12/h3-10H,1,11H2,2H3. The lowest BCUT2D eigenvalue weighted by Crippen LogP contribution is -2.16. The van der Waals surface area contributed by atoms with E-state index in [-0.39, 0.29) is 11.7 Å². The van der Waals surface area contributed by atoms with Gasteiger partial charge in [0.15, 0.2) is 4.80 Å². The number of aromatic nitrogens is 1. The lowest BCUT2D eigenvalue weighted by Gasteiger charge is -2.02. The molecular weight excluding hydrogens is 343 g/mol. The average molecular weight is 358 g/mol. The van der Waals surface area contributed by atoms with Crippen LogP contribution in [0.1, 0.15) is 10.4 Å². The van der Waals surface area contributed by atoms with Crippen molar-refractivity contribution in [2.24, 2.45) is 4.99 Å². The second-order valence-corrected chi connectivity index (χ2v) is 6.90. The maximum Gasteiger partial charge on any atom is 0.279 e. The van der Waals surface area contributed by atoms with Crippen LogP contribution in [-0.4, -0.2) is 16.7 Å². The molecule has 0 aliphatic rings. The number of nitrogens with zero attached hydrogens (tertiary/aromatic N) is 2. The first-order valence-electron chi connectivity index (χ1n) is 7.26. The van der Waals surface area contributed by atoms with Crippen LogP contribution in [0.4, 0.5) is 4.39 Å². The Morgan fingerprint density at radius 3 is 2.75 bits per heavy atom. The zero-order valence-corrected chi connectivity index (χ0v) is 14.7. The van der Waals surface area contributed by atoms with Crippen LogP contribution in [0.2, 0.25) is 0 Å². The number of carbonyl (C=O) groups excluding carboxylic acids is 1. The van der Waals surface area contributed by atoms with Crippen molar-refractivity contribution in [2.75, 3.05) is 6.26 Å². The third-order valence-electron chi connectivity index (χ3n) is 3.50. The van der Waals surface area contributed by atoms with Crippen molar-refractivity contribution < 1.29 is 9.18 Å². The van der Waals surface area contributed by atoms with Crippen LogP contribution in [-0.2, 0) is 6.54 Å². The Labute approximate surface area is 147 Å². The molecule has 0 radical (unpaired) electrons. The summed E-state index contributed by atoms with van der Waals surface area (Å²) in [7, 11) is 0. The summed E-state index contributed by atoms with van der Waals surface area (Å²) in [5.74, 6) is -0.670. The molecule has 2 aromatic carbocycles. The summed E-state index contributed by atoms with van der Waals surface area (Å²) in [6, 6.07) is 12.2. The van der Waals surface area contributed by atoms with E-state index in [2.05, 4.69) is 11.6 Å². The average Bonchev–Trinajstić information content (AvgIpc) is 2.94. The summed E-state index contributed by atoms with van der Waals surface area (Å²) >= 11 is 2.90. The van der Waals surface area contributed by atoms with E-state index in [1.54, 1.807) is 40.6 Å². The highest BCUT2D eigenvalue weighted by atomic mass is 32.2. The summed E-state index contributed by atoms with van der Waals surface area (Å²) in [5.41, 5.74) is 0.961. The third kappa shape index (κ3) is 3.20. The molecule has 0 N–H and O–H groups in total. The minimum absolute atomic E-state index is 0.330. The van der Waals surface area contributed by atoms with Crippen LogP contribution >= 0.6 is 23.1 Å². The van der Waals surface area contributed by atoms with Gasteiger partial charge in [-0.05, 0) is 42.7 Å². The third-order valence-corrected chi connectivity index (χ3v) is 5.28. The molecule has 122 valence electrons. The summed E-state index contributed by atoms with van der Waals surface area (Å²) in [5, 5.41) is 0. The molecule has 0 saturated heterocycles. The number of rotatable bonds is 4. The fourth-order valence-corrected chi connectivity index (χ4v) is 3.82.